The number of hydrogen-bond acceptors (Lipinski definition) is 4. The summed E-state index contributed by atoms with van der Waals surface area (Å²) in [7, 11) is 0. The molecule has 2 N–H and O–H groups in total. The molecule has 2 unspecified atom stereocenters. The van der Waals surface area contributed by atoms with E-state index in [0.29, 0.717) is 11.3 Å². The third kappa shape index (κ3) is 3.70. The average Bonchev–Trinajstić information content (AvgIpc) is 3.12. The van der Waals surface area contributed by atoms with E-state index in [-0.39, 0.29) is 6.54 Å². The van der Waals surface area contributed by atoms with Crippen LogP contribution in [0.5, 0.6) is 0 Å². The highest BCUT2D eigenvalue weighted by atomic mass is 16.3. The number of rotatable bonds is 6. The molecule has 0 bridgehead atoms. The third-order valence-corrected chi connectivity index (χ3v) is 3.83. The van der Waals surface area contributed by atoms with E-state index >= 15 is 0 Å². The van der Waals surface area contributed by atoms with Crippen molar-refractivity contribution in [2.45, 2.75) is 12.2 Å². The fourth-order valence-corrected chi connectivity index (χ4v) is 2.56. The van der Waals surface area contributed by atoms with Gasteiger partial charge < -0.3 is 10.2 Å². The Morgan fingerprint density at radius 1 is 1.04 bits per heavy atom. The number of para-hydroxylation sites is 1. The summed E-state index contributed by atoms with van der Waals surface area (Å²) in [4.78, 5) is 2.62. The number of aromatic nitrogens is 2. The van der Waals surface area contributed by atoms with Crippen LogP contribution < -0.4 is 0 Å². The van der Waals surface area contributed by atoms with Crippen molar-refractivity contribution >= 4 is 0 Å². The topological polar surface area (TPSA) is 107 Å². The van der Waals surface area contributed by atoms with Gasteiger partial charge in [0.25, 0.3) is 0 Å². The van der Waals surface area contributed by atoms with Crippen molar-refractivity contribution in [2.24, 2.45) is 5.11 Å². The third-order valence-electron chi connectivity index (χ3n) is 3.83. The lowest BCUT2D eigenvalue weighted by atomic mass is 10.0. The van der Waals surface area contributed by atoms with E-state index in [1.54, 1.807) is 10.9 Å². The summed E-state index contributed by atoms with van der Waals surface area (Å²) >= 11 is 0. The molecule has 2 aromatic carbocycles. The van der Waals surface area contributed by atoms with Crippen LogP contribution >= 0.6 is 0 Å². The molecule has 0 amide bonds. The molecule has 1 aromatic heterocycles. The Morgan fingerprint density at radius 2 is 1.68 bits per heavy atom. The zero-order valence-corrected chi connectivity index (χ0v) is 13.3. The first kappa shape index (κ1) is 16.7. The van der Waals surface area contributed by atoms with Crippen LogP contribution in [-0.2, 0) is 0 Å². The van der Waals surface area contributed by atoms with Gasteiger partial charge in [0.15, 0.2) is 0 Å². The molecule has 126 valence electrons. The van der Waals surface area contributed by atoms with Gasteiger partial charge in [-0.05, 0) is 17.7 Å². The minimum atomic E-state index is -1.22. The Balaban J connectivity index is 2.06. The van der Waals surface area contributed by atoms with E-state index in [2.05, 4.69) is 15.1 Å². The van der Waals surface area contributed by atoms with Crippen LogP contribution in [0.1, 0.15) is 11.7 Å². The first-order chi connectivity index (χ1) is 12.2. The molecule has 0 saturated carbocycles. The van der Waals surface area contributed by atoms with E-state index in [0.717, 1.165) is 11.3 Å². The standard InChI is InChI=1S/C18H17N5O2/c19-22-20-11-16(24)18(25)15-12-23(14-9-5-2-6-10-14)21-17(15)13-7-3-1-4-8-13/h1-10,12,16,18,24-25H,11H2. The van der Waals surface area contributed by atoms with Gasteiger partial charge in [0.05, 0.1) is 24.0 Å². The highest BCUT2D eigenvalue weighted by molar-refractivity contribution is 5.63. The number of benzene rings is 2. The Labute approximate surface area is 144 Å². The number of azide groups is 1. The molecule has 7 heteroatoms. The van der Waals surface area contributed by atoms with Gasteiger partial charge in [0, 0.05) is 22.2 Å². The maximum Gasteiger partial charge on any atom is 0.109 e. The number of aliphatic hydroxyl groups is 2. The first-order valence-electron chi connectivity index (χ1n) is 7.78. The lowest BCUT2D eigenvalue weighted by molar-refractivity contribution is 0.0247. The number of nitrogens with zero attached hydrogens (tertiary/aromatic N) is 5. The molecular formula is C18H17N5O2. The molecule has 0 aliphatic heterocycles. The zero-order chi connectivity index (χ0) is 17.6. The lowest BCUT2D eigenvalue weighted by Gasteiger charge is -2.15. The van der Waals surface area contributed by atoms with E-state index < -0.39 is 12.2 Å². The summed E-state index contributed by atoms with van der Waals surface area (Å²) in [5, 5.41) is 28.5. The van der Waals surface area contributed by atoms with Crippen LogP contribution in [0, 0.1) is 0 Å². The van der Waals surface area contributed by atoms with Crippen molar-refractivity contribution in [3.8, 4) is 16.9 Å². The predicted molar refractivity (Wildman–Crippen MR) is 94.0 cm³/mol. The largest absolute Gasteiger partial charge is 0.390 e. The smallest absolute Gasteiger partial charge is 0.109 e. The van der Waals surface area contributed by atoms with Crippen molar-refractivity contribution in [1.29, 1.82) is 0 Å². The molecule has 25 heavy (non-hydrogen) atoms. The van der Waals surface area contributed by atoms with Crippen molar-refractivity contribution in [1.82, 2.24) is 9.78 Å². The molecule has 1 heterocycles. The molecule has 0 aliphatic rings. The van der Waals surface area contributed by atoms with Gasteiger partial charge in [-0.15, -0.1) is 0 Å². The summed E-state index contributed by atoms with van der Waals surface area (Å²) in [6.07, 6.45) is -0.758. The summed E-state index contributed by atoms with van der Waals surface area (Å²) < 4.78 is 1.65. The fraction of sp³-hybridized carbons (Fsp3) is 0.167. The summed E-state index contributed by atoms with van der Waals surface area (Å²) in [6, 6.07) is 18.9. The van der Waals surface area contributed by atoms with Crippen molar-refractivity contribution in [2.75, 3.05) is 6.54 Å². The summed E-state index contributed by atoms with van der Waals surface area (Å²) in [5.74, 6) is 0. The molecule has 0 saturated heterocycles. The number of aliphatic hydroxyl groups excluding tert-OH is 2. The molecule has 0 aliphatic carbocycles. The Hall–Kier alpha value is -3.12. The predicted octanol–water partition coefficient (Wildman–Crippen LogP) is 3.24. The van der Waals surface area contributed by atoms with E-state index in [9.17, 15) is 10.2 Å². The highest BCUT2D eigenvalue weighted by Crippen LogP contribution is 2.30. The van der Waals surface area contributed by atoms with Gasteiger partial charge >= 0.3 is 0 Å². The average molecular weight is 335 g/mol. The second-order valence-corrected chi connectivity index (χ2v) is 5.50. The monoisotopic (exact) mass is 335 g/mol. The first-order valence-corrected chi connectivity index (χ1v) is 7.78. The molecule has 0 fully saturated rings. The summed E-state index contributed by atoms with van der Waals surface area (Å²) in [6.45, 7) is -0.220. The normalized spacial score (nSPS) is 13.0. The van der Waals surface area contributed by atoms with Crippen LogP contribution in [0.4, 0.5) is 0 Å². The Bertz CT molecular complexity index is 873. The van der Waals surface area contributed by atoms with Crippen LogP contribution in [0.25, 0.3) is 27.4 Å². The van der Waals surface area contributed by atoms with Gasteiger partial charge in [-0.25, -0.2) is 4.68 Å². The molecule has 0 radical (unpaired) electrons. The van der Waals surface area contributed by atoms with Crippen molar-refractivity contribution < 1.29 is 10.2 Å². The van der Waals surface area contributed by atoms with Gasteiger partial charge in [-0.1, -0.05) is 53.6 Å². The molecular weight excluding hydrogens is 318 g/mol. The zero-order valence-electron chi connectivity index (χ0n) is 13.3. The number of hydrogen-bond donors (Lipinski definition) is 2. The van der Waals surface area contributed by atoms with Gasteiger partial charge in [0.2, 0.25) is 0 Å². The SMILES string of the molecule is [N-]=[N+]=NCC(O)C(O)c1cn(-c2ccccc2)nc1-c1ccccc1. The molecule has 2 atom stereocenters. The van der Waals surface area contributed by atoms with Crippen LogP contribution in [-0.4, -0.2) is 32.6 Å². The maximum absolute atomic E-state index is 10.5. The summed E-state index contributed by atoms with van der Waals surface area (Å²) in [5.41, 5.74) is 11.1. The fourth-order valence-electron chi connectivity index (χ4n) is 2.56. The quantitative estimate of drug-likeness (QED) is 0.410. The van der Waals surface area contributed by atoms with Gasteiger partial charge in [0.1, 0.15) is 6.10 Å². The Kier molecular flexibility index (Phi) is 5.11. The van der Waals surface area contributed by atoms with Crippen LogP contribution in [0.15, 0.2) is 72.0 Å². The minimum Gasteiger partial charge on any atom is -0.390 e. The molecule has 0 spiro atoms. The van der Waals surface area contributed by atoms with E-state index in [4.69, 9.17) is 5.53 Å². The Morgan fingerprint density at radius 3 is 2.32 bits per heavy atom. The maximum atomic E-state index is 10.5. The van der Waals surface area contributed by atoms with Crippen LogP contribution in [0.3, 0.4) is 0 Å². The lowest BCUT2D eigenvalue weighted by Crippen LogP contribution is -2.21. The van der Waals surface area contributed by atoms with Gasteiger partial charge in [-0.2, -0.15) is 5.10 Å². The van der Waals surface area contributed by atoms with Gasteiger partial charge in [-0.3, -0.25) is 0 Å². The molecule has 3 rings (SSSR count). The minimum absolute atomic E-state index is 0.220. The van der Waals surface area contributed by atoms with Crippen molar-refractivity contribution in [3.05, 3.63) is 82.9 Å². The second-order valence-electron chi connectivity index (χ2n) is 5.50. The molecule has 3 aromatic rings. The van der Waals surface area contributed by atoms with E-state index in [1.165, 1.54) is 0 Å². The van der Waals surface area contributed by atoms with E-state index in [1.807, 2.05) is 60.7 Å². The second kappa shape index (κ2) is 7.63. The highest BCUT2D eigenvalue weighted by Gasteiger charge is 2.24. The van der Waals surface area contributed by atoms with Crippen molar-refractivity contribution in [3.63, 3.8) is 0 Å². The molecule has 7 nitrogen and oxygen atoms in total. The van der Waals surface area contributed by atoms with Crippen LogP contribution in [0.2, 0.25) is 0 Å².